The zero-order valence-electron chi connectivity index (χ0n) is 12.4. The number of carboxylic acid groups (broad SMARTS) is 1. The van der Waals surface area contributed by atoms with Crippen molar-refractivity contribution in [3.63, 3.8) is 0 Å². The molecule has 1 fully saturated rings. The Kier molecular flexibility index (Phi) is 8.07. The van der Waals surface area contributed by atoms with Crippen LogP contribution in [0, 0.1) is 17.8 Å². The van der Waals surface area contributed by atoms with Crippen LogP contribution < -0.4 is 5.32 Å². The molecule has 0 aliphatic heterocycles. The molecular weight excluding hydrogens is 242 g/mol. The van der Waals surface area contributed by atoms with E-state index in [1.54, 1.807) is 0 Å². The predicted molar refractivity (Wildman–Crippen MR) is 76.2 cm³/mol. The van der Waals surface area contributed by atoms with Gasteiger partial charge in [-0.1, -0.05) is 26.7 Å². The molecule has 1 aliphatic carbocycles. The van der Waals surface area contributed by atoms with Gasteiger partial charge in [-0.15, -0.1) is 0 Å². The van der Waals surface area contributed by atoms with Crippen molar-refractivity contribution in [2.75, 3.05) is 26.3 Å². The quantitative estimate of drug-likeness (QED) is 0.633. The molecular formula is C15H29NO3. The van der Waals surface area contributed by atoms with Crippen molar-refractivity contribution < 1.29 is 14.6 Å². The van der Waals surface area contributed by atoms with E-state index in [2.05, 4.69) is 19.2 Å². The van der Waals surface area contributed by atoms with Crippen LogP contribution in [0.15, 0.2) is 0 Å². The lowest BCUT2D eigenvalue weighted by molar-refractivity contribution is -0.144. The summed E-state index contributed by atoms with van der Waals surface area (Å²) in [5.74, 6) is 0.205. The Hall–Kier alpha value is -0.610. The highest BCUT2D eigenvalue weighted by atomic mass is 16.5. The van der Waals surface area contributed by atoms with Crippen molar-refractivity contribution in [3.05, 3.63) is 0 Å². The van der Waals surface area contributed by atoms with Crippen molar-refractivity contribution >= 4 is 5.97 Å². The van der Waals surface area contributed by atoms with Gasteiger partial charge >= 0.3 is 5.97 Å². The first kappa shape index (κ1) is 16.4. The molecule has 0 saturated heterocycles. The SMILES string of the molecule is CC(C)CCOCCNCC1CCCCC1C(=O)O. The van der Waals surface area contributed by atoms with Crippen molar-refractivity contribution in [3.8, 4) is 0 Å². The van der Waals surface area contributed by atoms with Gasteiger partial charge in [0.25, 0.3) is 0 Å². The third-order valence-corrected chi connectivity index (χ3v) is 3.90. The van der Waals surface area contributed by atoms with Gasteiger partial charge in [-0.25, -0.2) is 0 Å². The summed E-state index contributed by atoms with van der Waals surface area (Å²) in [6.07, 6.45) is 5.21. The van der Waals surface area contributed by atoms with Gasteiger partial charge in [0, 0.05) is 13.2 Å². The van der Waals surface area contributed by atoms with E-state index < -0.39 is 5.97 Å². The van der Waals surface area contributed by atoms with Gasteiger partial charge in [0.05, 0.1) is 12.5 Å². The lowest BCUT2D eigenvalue weighted by Crippen LogP contribution is -2.35. The zero-order chi connectivity index (χ0) is 14.1. The molecule has 0 heterocycles. The fraction of sp³-hybridized carbons (Fsp3) is 0.933. The number of carbonyl (C=O) groups is 1. The molecule has 4 nitrogen and oxygen atoms in total. The van der Waals surface area contributed by atoms with E-state index >= 15 is 0 Å². The van der Waals surface area contributed by atoms with E-state index in [0.717, 1.165) is 52.0 Å². The number of rotatable bonds is 9. The van der Waals surface area contributed by atoms with Crippen molar-refractivity contribution in [1.29, 1.82) is 0 Å². The fourth-order valence-corrected chi connectivity index (χ4v) is 2.63. The largest absolute Gasteiger partial charge is 0.481 e. The number of aliphatic carboxylic acids is 1. The van der Waals surface area contributed by atoms with Crippen LogP contribution in [0.3, 0.4) is 0 Å². The second-order valence-electron chi connectivity index (χ2n) is 5.99. The monoisotopic (exact) mass is 271 g/mol. The molecule has 1 saturated carbocycles. The Morgan fingerprint density at radius 1 is 1.32 bits per heavy atom. The van der Waals surface area contributed by atoms with E-state index in [-0.39, 0.29) is 5.92 Å². The summed E-state index contributed by atoms with van der Waals surface area (Å²) in [6, 6.07) is 0. The summed E-state index contributed by atoms with van der Waals surface area (Å²) in [5, 5.41) is 12.5. The molecule has 0 radical (unpaired) electrons. The predicted octanol–water partition coefficient (Wildman–Crippen LogP) is 2.53. The fourth-order valence-electron chi connectivity index (χ4n) is 2.63. The molecule has 1 aliphatic rings. The molecule has 0 amide bonds. The summed E-state index contributed by atoms with van der Waals surface area (Å²) < 4.78 is 5.53. The van der Waals surface area contributed by atoms with Crippen LogP contribution in [0.1, 0.15) is 46.0 Å². The minimum absolute atomic E-state index is 0.150. The summed E-state index contributed by atoms with van der Waals surface area (Å²) in [7, 11) is 0. The normalized spacial score (nSPS) is 23.7. The number of nitrogens with one attached hydrogen (secondary N) is 1. The van der Waals surface area contributed by atoms with E-state index in [1.807, 2.05) is 0 Å². The molecule has 0 aromatic heterocycles. The number of hydrogen-bond acceptors (Lipinski definition) is 3. The van der Waals surface area contributed by atoms with E-state index in [9.17, 15) is 9.90 Å². The first-order valence-electron chi connectivity index (χ1n) is 7.62. The second kappa shape index (κ2) is 9.32. The van der Waals surface area contributed by atoms with Gasteiger partial charge in [-0.05, 0) is 37.6 Å². The average Bonchev–Trinajstić information content (AvgIpc) is 2.37. The lowest BCUT2D eigenvalue weighted by Gasteiger charge is -2.28. The Balaban J connectivity index is 2.06. The molecule has 2 atom stereocenters. The summed E-state index contributed by atoms with van der Waals surface area (Å²) in [5.41, 5.74) is 0. The Bertz CT molecular complexity index is 256. The smallest absolute Gasteiger partial charge is 0.306 e. The Morgan fingerprint density at radius 3 is 2.74 bits per heavy atom. The van der Waals surface area contributed by atoms with Gasteiger partial charge in [0.15, 0.2) is 0 Å². The Morgan fingerprint density at radius 2 is 2.05 bits per heavy atom. The zero-order valence-corrected chi connectivity index (χ0v) is 12.4. The van der Waals surface area contributed by atoms with Crippen LogP contribution in [-0.2, 0) is 9.53 Å². The van der Waals surface area contributed by atoms with Gasteiger partial charge < -0.3 is 15.2 Å². The van der Waals surface area contributed by atoms with Crippen LogP contribution in [0.4, 0.5) is 0 Å². The first-order chi connectivity index (χ1) is 9.11. The number of carboxylic acids is 1. The standard InChI is InChI=1S/C15H29NO3/c1-12(2)7-9-19-10-8-16-11-13-5-3-4-6-14(13)15(17)18/h12-14,16H,3-11H2,1-2H3,(H,17,18). The van der Waals surface area contributed by atoms with Crippen molar-refractivity contribution in [1.82, 2.24) is 5.32 Å². The van der Waals surface area contributed by atoms with E-state index in [1.165, 1.54) is 6.42 Å². The molecule has 112 valence electrons. The number of hydrogen-bond donors (Lipinski definition) is 2. The van der Waals surface area contributed by atoms with Crippen LogP contribution in [0.25, 0.3) is 0 Å². The third kappa shape index (κ3) is 6.92. The highest BCUT2D eigenvalue weighted by Crippen LogP contribution is 2.29. The van der Waals surface area contributed by atoms with Gasteiger partial charge in [-0.2, -0.15) is 0 Å². The minimum atomic E-state index is -0.625. The van der Waals surface area contributed by atoms with Crippen LogP contribution in [0.2, 0.25) is 0 Å². The minimum Gasteiger partial charge on any atom is -0.481 e. The molecule has 4 heteroatoms. The summed E-state index contributed by atoms with van der Waals surface area (Å²) >= 11 is 0. The van der Waals surface area contributed by atoms with Gasteiger partial charge in [0.1, 0.15) is 0 Å². The summed E-state index contributed by atoms with van der Waals surface area (Å²) in [6.45, 7) is 7.55. The van der Waals surface area contributed by atoms with Crippen LogP contribution >= 0.6 is 0 Å². The topological polar surface area (TPSA) is 58.6 Å². The maximum atomic E-state index is 11.2. The van der Waals surface area contributed by atoms with E-state index in [0.29, 0.717) is 11.8 Å². The molecule has 1 rings (SSSR count). The van der Waals surface area contributed by atoms with Crippen LogP contribution in [0.5, 0.6) is 0 Å². The molecule has 0 aromatic carbocycles. The maximum Gasteiger partial charge on any atom is 0.306 e. The molecule has 2 unspecified atom stereocenters. The van der Waals surface area contributed by atoms with Gasteiger partial charge in [-0.3, -0.25) is 4.79 Å². The Labute approximate surface area is 116 Å². The van der Waals surface area contributed by atoms with Crippen molar-refractivity contribution in [2.45, 2.75) is 46.0 Å². The van der Waals surface area contributed by atoms with Crippen LogP contribution in [-0.4, -0.2) is 37.4 Å². The van der Waals surface area contributed by atoms with E-state index in [4.69, 9.17) is 4.74 Å². The number of ether oxygens (including phenoxy) is 1. The molecule has 0 spiro atoms. The molecule has 0 bridgehead atoms. The van der Waals surface area contributed by atoms with Gasteiger partial charge in [0.2, 0.25) is 0 Å². The first-order valence-corrected chi connectivity index (χ1v) is 7.62. The molecule has 19 heavy (non-hydrogen) atoms. The maximum absolute atomic E-state index is 11.2. The molecule has 0 aromatic rings. The lowest BCUT2D eigenvalue weighted by atomic mass is 9.79. The average molecular weight is 271 g/mol. The third-order valence-electron chi connectivity index (χ3n) is 3.90. The highest BCUT2D eigenvalue weighted by Gasteiger charge is 2.30. The summed E-state index contributed by atoms with van der Waals surface area (Å²) in [4.78, 5) is 11.2. The molecule has 2 N–H and O–H groups in total. The second-order valence-corrected chi connectivity index (χ2v) is 5.99. The highest BCUT2D eigenvalue weighted by molar-refractivity contribution is 5.70. The van der Waals surface area contributed by atoms with Crippen molar-refractivity contribution in [2.24, 2.45) is 17.8 Å².